The van der Waals surface area contributed by atoms with Crippen molar-refractivity contribution in [1.29, 1.82) is 0 Å². The Labute approximate surface area is 71.9 Å². The van der Waals surface area contributed by atoms with Crippen LogP contribution >= 0.6 is 0 Å². The van der Waals surface area contributed by atoms with Crippen LogP contribution in [0.3, 0.4) is 0 Å². The summed E-state index contributed by atoms with van der Waals surface area (Å²) in [5, 5.41) is 9.61. The predicted molar refractivity (Wildman–Crippen MR) is 44.1 cm³/mol. The van der Waals surface area contributed by atoms with Crippen LogP contribution in [0.4, 0.5) is 0 Å². The summed E-state index contributed by atoms with van der Waals surface area (Å²) in [6.07, 6.45) is 3.69. The fraction of sp³-hybridized carbons (Fsp3) is 0.889. The van der Waals surface area contributed by atoms with E-state index in [0.29, 0.717) is 5.92 Å². The standard InChI is InChI=1S/C9H15NO2/c10-9(12)7-3-5-1-2-6(7)8(11)4-5/h5-8,11H,1-4H2,(H2,10,12)/t5-,6+,7+,8+/m1/s1. The van der Waals surface area contributed by atoms with Gasteiger partial charge in [0, 0.05) is 5.92 Å². The number of aliphatic hydroxyl groups excluding tert-OH is 1. The summed E-state index contributed by atoms with van der Waals surface area (Å²) >= 11 is 0. The largest absolute Gasteiger partial charge is 0.393 e. The van der Waals surface area contributed by atoms with Crippen LogP contribution in [-0.2, 0) is 4.79 Å². The number of aliphatic hydroxyl groups is 1. The lowest BCUT2D eigenvalue weighted by atomic mass is 9.63. The van der Waals surface area contributed by atoms with Crippen molar-refractivity contribution in [2.24, 2.45) is 23.5 Å². The maximum atomic E-state index is 11.0. The van der Waals surface area contributed by atoms with Gasteiger partial charge < -0.3 is 10.8 Å². The highest BCUT2D eigenvalue weighted by molar-refractivity contribution is 5.77. The van der Waals surface area contributed by atoms with Crippen LogP contribution in [0.25, 0.3) is 0 Å². The first kappa shape index (κ1) is 8.05. The minimum Gasteiger partial charge on any atom is -0.393 e. The van der Waals surface area contributed by atoms with Crippen molar-refractivity contribution in [3.63, 3.8) is 0 Å². The van der Waals surface area contributed by atoms with Crippen molar-refractivity contribution >= 4 is 5.91 Å². The number of carbonyl (C=O) groups is 1. The van der Waals surface area contributed by atoms with Crippen LogP contribution in [0.2, 0.25) is 0 Å². The Balaban J connectivity index is 2.14. The molecule has 0 aromatic rings. The SMILES string of the molecule is NC(=O)[C@H]1C[C@H]2CC[C@@H]1[C@@H](O)C2. The molecule has 3 aliphatic carbocycles. The zero-order valence-electron chi connectivity index (χ0n) is 7.07. The van der Waals surface area contributed by atoms with Gasteiger partial charge in [0.1, 0.15) is 0 Å². The monoisotopic (exact) mass is 169 g/mol. The first-order valence-corrected chi connectivity index (χ1v) is 4.66. The van der Waals surface area contributed by atoms with Gasteiger partial charge in [-0.1, -0.05) is 0 Å². The second kappa shape index (κ2) is 2.73. The molecule has 68 valence electrons. The molecule has 0 heterocycles. The lowest BCUT2D eigenvalue weighted by molar-refractivity contribution is -0.132. The molecule has 3 fully saturated rings. The summed E-state index contributed by atoms with van der Waals surface area (Å²) in [6, 6.07) is 0. The molecule has 1 amide bonds. The molecule has 3 nitrogen and oxygen atoms in total. The van der Waals surface area contributed by atoms with Crippen LogP contribution in [0.15, 0.2) is 0 Å². The van der Waals surface area contributed by atoms with Gasteiger partial charge in [0.2, 0.25) is 5.91 Å². The number of carbonyl (C=O) groups excluding carboxylic acids is 1. The van der Waals surface area contributed by atoms with Gasteiger partial charge in [-0.15, -0.1) is 0 Å². The Morgan fingerprint density at radius 3 is 2.50 bits per heavy atom. The first-order chi connectivity index (χ1) is 5.68. The fourth-order valence-electron chi connectivity index (χ4n) is 2.80. The molecule has 12 heavy (non-hydrogen) atoms. The molecule has 0 aromatic heterocycles. The smallest absolute Gasteiger partial charge is 0.220 e. The van der Waals surface area contributed by atoms with E-state index in [0.717, 1.165) is 19.3 Å². The quantitative estimate of drug-likeness (QED) is 0.591. The van der Waals surface area contributed by atoms with Crippen molar-refractivity contribution in [1.82, 2.24) is 0 Å². The van der Waals surface area contributed by atoms with Crippen LogP contribution < -0.4 is 5.73 Å². The Morgan fingerprint density at radius 1 is 1.33 bits per heavy atom. The van der Waals surface area contributed by atoms with Gasteiger partial charge in [-0.2, -0.15) is 0 Å². The van der Waals surface area contributed by atoms with Crippen molar-refractivity contribution in [2.45, 2.75) is 31.8 Å². The maximum absolute atomic E-state index is 11.0. The summed E-state index contributed by atoms with van der Waals surface area (Å²) in [5.41, 5.74) is 5.27. The van der Waals surface area contributed by atoms with Crippen molar-refractivity contribution < 1.29 is 9.90 Å². The zero-order chi connectivity index (χ0) is 8.72. The van der Waals surface area contributed by atoms with Crippen LogP contribution in [0.1, 0.15) is 25.7 Å². The molecule has 0 aliphatic heterocycles. The molecular weight excluding hydrogens is 154 g/mol. The third kappa shape index (κ3) is 1.12. The summed E-state index contributed by atoms with van der Waals surface area (Å²) < 4.78 is 0. The van der Waals surface area contributed by atoms with E-state index in [4.69, 9.17) is 5.73 Å². The van der Waals surface area contributed by atoms with Gasteiger partial charge in [-0.05, 0) is 37.5 Å². The minimum absolute atomic E-state index is 0.0486. The van der Waals surface area contributed by atoms with Crippen LogP contribution in [0, 0.1) is 17.8 Å². The molecule has 0 unspecified atom stereocenters. The molecule has 3 N–H and O–H groups in total. The number of fused-ring (bicyclic) bond motifs is 3. The summed E-state index contributed by atoms with van der Waals surface area (Å²) in [7, 11) is 0. The lowest BCUT2D eigenvalue weighted by Gasteiger charge is -2.44. The van der Waals surface area contributed by atoms with Gasteiger partial charge in [0.25, 0.3) is 0 Å². The van der Waals surface area contributed by atoms with E-state index in [-0.39, 0.29) is 23.8 Å². The van der Waals surface area contributed by atoms with Gasteiger partial charge in [0.05, 0.1) is 6.10 Å². The average molecular weight is 169 g/mol. The highest BCUT2D eigenvalue weighted by atomic mass is 16.3. The highest BCUT2D eigenvalue weighted by Crippen LogP contribution is 2.44. The molecule has 3 rings (SSSR count). The molecule has 0 aromatic carbocycles. The Morgan fingerprint density at radius 2 is 2.08 bits per heavy atom. The number of hydrogen-bond donors (Lipinski definition) is 2. The van der Waals surface area contributed by atoms with Crippen molar-refractivity contribution in [3.8, 4) is 0 Å². The summed E-state index contributed by atoms with van der Waals surface area (Å²) in [4.78, 5) is 11.0. The molecule has 0 spiro atoms. The number of amides is 1. The van der Waals surface area contributed by atoms with E-state index in [1.165, 1.54) is 6.42 Å². The van der Waals surface area contributed by atoms with Gasteiger partial charge in [0.15, 0.2) is 0 Å². The molecule has 3 heteroatoms. The summed E-state index contributed by atoms with van der Waals surface area (Å²) in [6.45, 7) is 0. The number of primary amides is 1. The van der Waals surface area contributed by atoms with E-state index in [9.17, 15) is 9.90 Å². The third-order valence-electron chi connectivity index (χ3n) is 3.45. The highest BCUT2D eigenvalue weighted by Gasteiger charge is 2.43. The minimum atomic E-state index is -0.269. The maximum Gasteiger partial charge on any atom is 0.220 e. The van der Waals surface area contributed by atoms with E-state index >= 15 is 0 Å². The molecule has 4 atom stereocenters. The van der Waals surface area contributed by atoms with E-state index < -0.39 is 0 Å². The van der Waals surface area contributed by atoms with Gasteiger partial charge in [-0.25, -0.2) is 0 Å². The van der Waals surface area contributed by atoms with Crippen LogP contribution in [0.5, 0.6) is 0 Å². The molecule has 0 radical (unpaired) electrons. The Hall–Kier alpha value is -0.570. The summed E-state index contributed by atoms with van der Waals surface area (Å²) in [5.74, 6) is 0.436. The molecule has 3 aliphatic rings. The van der Waals surface area contributed by atoms with Gasteiger partial charge in [-0.3, -0.25) is 4.79 Å². The second-order valence-corrected chi connectivity index (χ2v) is 4.15. The predicted octanol–water partition coefficient (Wildman–Crippen LogP) is 0.269. The van der Waals surface area contributed by atoms with Gasteiger partial charge >= 0.3 is 0 Å². The van der Waals surface area contributed by atoms with Crippen molar-refractivity contribution in [2.75, 3.05) is 0 Å². The number of hydrogen-bond acceptors (Lipinski definition) is 2. The second-order valence-electron chi connectivity index (χ2n) is 4.15. The zero-order valence-corrected chi connectivity index (χ0v) is 7.07. The third-order valence-corrected chi connectivity index (χ3v) is 3.45. The Kier molecular flexibility index (Phi) is 1.83. The molecular formula is C9H15NO2. The van der Waals surface area contributed by atoms with E-state index in [2.05, 4.69) is 0 Å². The molecule has 3 saturated carbocycles. The van der Waals surface area contributed by atoms with Crippen LogP contribution in [-0.4, -0.2) is 17.1 Å². The number of rotatable bonds is 1. The van der Waals surface area contributed by atoms with E-state index in [1.54, 1.807) is 0 Å². The fourth-order valence-corrected chi connectivity index (χ4v) is 2.80. The topological polar surface area (TPSA) is 63.3 Å². The normalized spacial score (nSPS) is 46.1. The lowest BCUT2D eigenvalue weighted by Crippen LogP contribution is -2.46. The Bertz CT molecular complexity index is 205. The average Bonchev–Trinajstić information content (AvgIpc) is 2.04. The molecule has 2 bridgehead atoms. The van der Waals surface area contributed by atoms with E-state index in [1.807, 2.05) is 0 Å². The number of nitrogens with two attached hydrogens (primary N) is 1. The van der Waals surface area contributed by atoms with Crippen molar-refractivity contribution in [3.05, 3.63) is 0 Å². The first-order valence-electron chi connectivity index (χ1n) is 4.66. The molecule has 0 saturated heterocycles.